The molecule has 0 saturated heterocycles. The predicted octanol–water partition coefficient (Wildman–Crippen LogP) is 1.47. The first-order chi connectivity index (χ1) is 10.4. The molecule has 0 aliphatic carbocycles. The van der Waals surface area contributed by atoms with E-state index in [2.05, 4.69) is 10.0 Å². The van der Waals surface area contributed by atoms with Crippen molar-refractivity contribution in [2.24, 2.45) is 0 Å². The third-order valence-corrected chi connectivity index (χ3v) is 4.75. The number of aryl methyl sites for hydroxylation is 1. The second-order valence-electron chi connectivity index (χ2n) is 5.17. The van der Waals surface area contributed by atoms with E-state index in [1.165, 1.54) is 0 Å². The molecule has 22 heavy (non-hydrogen) atoms. The van der Waals surface area contributed by atoms with Gasteiger partial charge in [0.2, 0.25) is 10.0 Å². The first-order valence-electron chi connectivity index (χ1n) is 7.36. The van der Waals surface area contributed by atoms with Crippen molar-refractivity contribution in [1.82, 2.24) is 14.9 Å². The minimum absolute atomic E-state index is 0.0680. The number of hydrogen-bond donors (Lipinski definition) is 2. The lowest BCUT2D eigenvalue weighted by Crippen LogP contribution is -2.38. The third-order valence-electron chi connectivity index (χ3n) is 3.35. The maximum Gasteiger partial charge on any atom is 0.317 e. The number of benzene rings is 1. The van der Waals surface area contributed by atoms with Gasteiger partial charge in [0.1, 0.15) is 0 Å². The van der Waals surface area contributed by atoms with E-state index < -0.39 is 10.0 Å². The maximum atomic E-state index is 12.0. The summed E-state index contributed by atoms with van der Waals surface area (Å²) in [5.41, 5.74) is 2.26. The summed E-state index contributed by atoms with van der Waals surface area (Å²) in [5, 5.41) is 2.78. The molecule has 2 amide bonds. The Bertz CT molecular complexity index is 587. The van der Waals surface area contributed by atoms with Gasteiger partial charge in [-0.3, -0.25) is 0 Å². The molecule has 0 spiro atoms. The van der Waals surface area contributed by atoms with Crippen molar-refractivity contribution < 1.29 is 13.2 Å². The van der Waals surface area contributed by atoms with Crippen LogP contribution in [0.15, 0.2) is 24.3 Å². The zero-order valence-electron chi connectivity index (χ0n) is 13.4. The zero-order valence-corrected chi connectivity index (χ0v) is 14.2. The molecule has 0 bridgehead atoms. The zero-order chi connectivity index (χ0) is 16.6. The fourth-order valence-electron chi connectivity index (χ4n) is 1.86. The number of carbonyl (C=O) groups is 1. The van der Waals surface area contributed by atoms with Crippen LogP contribution >= 0.6 is 0 Å². The van der Waals surface area contributed by atoms with Crippen molar-refractivity contribution in [3.63, 3.8) is 0 Å². The number of hydrogen-bond acceptors (Lipinski definition) is 3. The topological polar surface area (TPSA) is 78.5 Å². The van der Waals surface area contributed by atoms with Crippen LogP contribution in [0.4, 0.5) is 4.79 Å². The van der Waals surface area contributed by atoms with Crippen LogP contribution < -0.4 is 10.0 Å². The van der Waals surface area contributed by atoms with Crippen molar-refractivity contribution in [2.45, 2.75) is 26.8 Å². The Morgan fingerprint density at radius 2 is 1.91 bits per heavy atom. The number of rotatable bonds is 8. The summed E-state index contributed by atoms with van der Waals surface area (Å²) in [6.45, 7) is 4.91. The molecule has 0 atom stereocenters. The molecule has 1 rings (SSSR count). The van der Waals surface area contributed by atoms with Gasteiger partial charge < -0.3 is 10.2 Å². The smallest absolute Gasteiger partial charge is 0.317 e. The van der Waals surface area contributed by atoms with Gasteiger partial charge in [0, 0.05) is 26.7 Å². The Balaban J connectivity index is 2.29. The van der Waals surface area contributed by atoms with E-state index in [4.69, 9.17) is 0 Å². The molecule has 0 aliphatic rings. The van der Waals surface area contributed by atoms with E-state index in [9.17, 15) is 13.2 Å². The molecule has 0 radical (unpaired) electrons. The van der Waals surface area contributed by atoms with Gasteiger partial charge in [-0.2, -0.15) is 0 Å². The van der Waals surface area contributed by atoms with Crippen molar-refractivity contribution in [2.75, 3.05) is 25.9 Å². The Morgan fingerprint density at radius 3 is 2.55 bits per heavy atom. The lowest BCUT2D eigenvalue weighted by molar-refractivity contribution is 0.207. The highest BCUT2D eigenvalue weighted by Crippen LogP contribution is 2.09. The summed E-state index contributed by atoms with van der Waals surface area (Å²) >= 11 is 0. The highest BCUT2D eigenvalue weighted by atomic mass is 32.2. The molecule has 124 valence electrons. The number of urea groups is 1. The predicted molar refractivity (Wildman–Crippen MR) is 88.1 cm³/mol. The molecule has 0 aromatic heterocycles. The van der Waals surface area contributed by atoms with Crippen molar-refractivity contribution in [3.8, 4) is 0 Å². The monoisotopic (exact) mass is 327 g/mol. The molecule has 0 saturated carbocycles. The van der Waals surface area contributed by atoms with Crippen molar-refractivity contribution >= 4 is 16.1 Å². The number of nitrogens with one attached hydrogen (secondary N) is 2. The van der Waals surface area contributed by atoms with Gasteiger partial charge in [-0.15, -0.1) is 0 Å². The second-order valence-corrected chi connectivity index (χ2v) is 7.26. The number of amides is 2. The highest BCUT2D eigenvalue weighted by molar-refractivity contribution is 7.89. The van der Waals surface area contributed by atoms with Crippen LogP contribution in [-0.4, -0.2) is 45.2 Å². The van der Waals surface area contributed by atoms with Gasteiger partial charge >= 0.3 is 6.03 Å². The summed E-state index contributed by atoms with van der Waals surface area (Å²) in [7, 11) is -1.42. The first kappa shape index (κ1) is 18.4. The highest BCUT2D eigenvalue weighted by Gasteiger charge is 2.10. The normalized spacial score (nSPS) is 11.2. The lowest BCUT2D eigenvalue weighted by Gasteiger charge is -2.19. The fraction of sp³-hybridized carbons (Fsp3) is 0.533. The summed E-state index contributed by atoms with van der Waals surface area (Å²) in [5.74, 6) is 0.0680. The van der Waals surface area contributed by atoms with Gasteiger partial charge in [0.05, 0.1) is 5.75 Å². The molecular formula is C15H25N3O3S. The summed E-state index contributed by atoms with van der Waals surface area (Å²) < 4.78 is 24.9. The first-order valence-corrected chi connectivity index (χ1v) is 9.01. The van der Waals surface area contributed by atoms with Crippen LogP contribution in [0, 0.1) is 6.92 Å². The Morgan fingerprint density at radius 1 is 1.23 bits per heavy atom. The standard InChI is InChI=1S/C15H25N3O3S/c1-4-22(20,21)17-11-7-10-16-15(19)18(3)12-14-9-6-5-8-13(14)2/h5-6,8-9,17H,4,7,10-12H2,1-3H3,(H,16,19). The van der Waals surface area contributed by atoms with Crippen LogP contribution in [0.5, 0.6) is 0 Å². The minimum Gasteiger partial charge on any atom is -0.338 e. The van der Waals surface area contributed by atoms with Crippen LogP contribution in [-0.2, 0) is 16.6 Å². The van der Waals surface area contributed by atoms with Gasteiger partial charge in [-0.1, -0.05) is 24.3 Å². The number of sulfonamides is 1. The van der Waals surface area contributed by atoms with Gasteiger partial charge in [-0.05, 0) is 31.4 Å². The largest absolute Gasteiger partial charge is 0.338 e. The Labute approximate surface area is 132 Å². The molecule has 7 heteroatoms. The SMILES string of the molecule is CCS(=O)(=O)NCCCNC(=O)N(C)Cc1ccccc1C. The van der Waals surface area contributed by atoms with Crippen molar-refractivity contribution in [3.05, 3.63) is 35.4 Å². The van der Waals surface area contributed by atoms with Gasteiger partial charge in [0.15, 0.2) is 0 Å². The molecule has 1 aromatic carbocycles. The molecule has 2 N–H and O–H groups in total. The second kappa shape index (κ2) is 8.75. The molecule has 1 aromatic rings. The summed E-state index contributed by atoms with van der Waals surface area (Å²) in [6.07, 6.45) is 0.559. The van der Waals surface area contributed by atoms with E-state index in [-0.39, 0.29) is 11.8 Å². The quantitative estimate of drug-likeness (QED) is 0.710. The van der Waals surface area contributed by atoms with Crippen LogP contribution in [0.3, 0.4) is 0 Å². The Hall–Kier alpha value is -1.60. The lowest BCUT2D eigenvalue weighted by atomic mass is 10.1. The average Bonchev–Trinajstić information content (AvgIpc) is 2.49. The van der Waals surface area contributed by atoms with Gasteiger partial charge in [-0.25, -0.2) is 17.9 Å². The van der Waals surface area contributed by atoms with E-state index >= 15 is 0 Å². The fourth-order valence-corrected chi connectivity index (χ4v) is 2.52. The van der Waals surface area contributed by atoms with E-state index in [1.807, 2.05) is 31.2 Å². The molecule has 0 aliphatic heterocycles. The van der Waals surface area contributed by atoms with E-state index in [1.54, 1.807) is 18.9 Å². The summed E-state index contributed by atoms with van der Waals surface area (Å²) in [4.78, 5) is 13.6. The van der Waals surface area contributed by atoms with Crippen LogP contribution in [0.2, 0.25) is 0 Å². The molecule has 6 nitrogen and oxygen atoms in total. The molecule has 0 heterocycles. The number of carbonyl (C=O) groups excluding carboxylic acids is 1. The van der Waals surface area contributed by atoms with Crippen molar-refractivity contribution in [1.29, 1.82) is 0 Å². The summed E-state index contributed by atoms with van der Waals surface area (Å²) in [6, 6.07) is 7.77. The molecule has 0 fully saturated rings. The van der Waals surface area contributed by atoms with Gasteiger partial charge in [0.25, 0.3) is 0 Å². The van der Waals surface area contributed by atoms with Crippen LogP contribution in [0.1, 0.15) is 24.5 Å². The Kier molecular flexibility index (Phi) is 7.34. The average molecular weight is 327 g/mol. The maximum absolute atomic E-state index is 12.0. The molecule has 0 unspecified atom stereocenters. The van der Waals surface area contributed by atoms with E-state index in [0.717, 1.165) is 11.1 Å². The molecular weight excluding hydrogens is 302 g/mol. The minimum atomic E-state index is -3.16. The number of nitrogens with zero attached hydrogens (tertiary/aromatic N) is 1. The third kappa shape index (κ3) is 6.44. The van der Waals surface area contributed by atoms with E-state index in [0.29, 0.717) is 26.1 Å². The van der Waals surface area contributed by atoms with Crippen LogP contribution in [0.25, 0.3) is 0 Å².